The third-order valence-corrected chi connectivity index (χ3v) is 7.16. The zero-order valence-corrected chi connectivity index (χ0v) is 27.7. The first-order valence-electron chi connectivity index (χ1n) is 15.5. The molecule has 0 amide bonds. The first kappa shape index (κ1) is 35.5. The highest BCUT2D eigenvalue weighted by Gasteiger charge is 2.13. The first-order chi connectivity index (χ1) is 21.1. The van der Waals surface area contributed by atoms with Crippen molar-refractivity contribution < 1.29 is 0 Å². The number of rotatable bonds is 10. The summed E-state index contributed by atoms with van der Waals surface area (Å²) in [5, 5.41) is 8.74. The molecule has 1 heterocycles. The molecule has 0 fully saturated rings. The summed E-state index contributed by atoms with van der Waals surface area (Å²) in [6, 6.07) is 21.2. The first-order valence-corrected chi connectivity index (χ1v) is 15.9. The van der Waals surface area contributed by atoms with Crippen LogP contribution < -0.4 is 10.6 Å². The van der Waals surface area contributed by atoms with E-state index < -0.39 is 0 Å². The van der Waals surface area contributed by atoms with Crippen LogP contribution in [-0.4, -0.2) is 23.1 Å². The van der Waals surface area contributed by atoms with Crippen molar-refractivity contribution >= 4 is 39.6 Å². The Bertz CT molecular complexity index is 1490. The molecule has 0 radical (unpaired) electrons. The van der Waals surface area contributed by atoms with Crippen LogP contribution in [0.2, 0.25) is 5.02 Å². The smallest absolute Gasteiger partial charge is 0.141 e. The summed E-state index contributed by atoms with van der Waals surface area (Å²) in [7, 11) is 0. The summed E-state index contributed by atoms with van der Waals surface area (Å²) in [4.78, 5) is 9.05. The van der Waals surface area contributed by atoms with E-state index in [2.05, 4.69) is 114 Å². The van der Waals surface area contributed by atoms with Crippen LogP contribution in [0.25, 0.3) is 16.5 Å². The summed E-state index contributed by atoms with van der Waals surface area (Å²) in [5.74, 6) is 0.784. The Morgan fingerprint density at radius 2 is 1.67 bits per heavy atom. The molecule has 5 heteroatoms. The molecule has 0 bridgehead atoms. The molecule has 228 valence electrons. The zero-order chi connectivity index (χ0) is 31.6. The molecule has 0 unspecified atom stereocenters. The second-order valence-corrected chi connectivity index (χ2v) is 10.2. The second-order valence-electron chi connectivity index (χ2n) is 9.74. The Morgan fingerprint density at radius 1 is 0.884 bits per heavy atom. The minimum atomic E-state index is 0.767. The van der Waals surface area contributed by atoms with E-state index in [0.717, 1.165) is 71.8 Å². The number of halogens is 1. The van der Waals surface area contributed by atoms with Crippen molar-refractivity contribution in [2.45, 2.75) is 67.2 Å². The molecule has 5 rings (SSSR count). The molecule has 4 aromatic rings. The Hall–Kier alpha value is -3.73. The predicted molar refractivity (Wildman–Crippen MR) is 191 cm³/mol. The summed E-state index contributed by atoms with van der Waals surface area (Å²) in [6.45, 7) is 20.3. The van der Waals surface area contributed by atoms with Gasteiger partial charge in [0.1, 0.15) is 12.1 Å². The highest BCUT2D eigenvalue weighted by atomic mass is 35.5. The maximum absolute atomic E-state index is 6.69. The lowest BCUT2D eigenvalue weighted by atomic mass is 10.0. The molecule has 0 aliphatic heterocycles. The minimum Gasteiger partial charge on any atom is -0.340 e. The average molecular weight is 597 g/mol. The average Bonchev–Trinajstić information content (AvgIpc) is 3.53. The molecule has 1 aliphatic rings. The lowest BCUT2D eigenvalue weighted by molar-refractivity contribution is 0.710. The van der Waals surface area contributed by atoms with Crippen LogP contribution in [0.3, 0.4) is 0 Å². The van der Waals surface area contributed by atoms with Gasteiger partial charge in [-0.05, 0) is 85.7 Å². The fourth-order valence-corrected chi connectivity index (χ4v) is 5.07. The van der Waals surface area contributed by atoms with Crippen LogP contribution in [0.1, 0.15) is 69.7 Å². The van der Waals surface area contributed by atoms with Crippen molar-refractivity contribution in [3.8, 4) is 0 Å². The monoisotopic (exact) mass is 596 g/mol. The van der Waals surface area contributed by atoms with Crippen molar-refractivity contribution in [3.63, 3.8) is 0 Å². The van der Waals surface area contributed by atoms with Crippen molar-refractivity contribution in [2.24, 2.45) is 0 Å². The van der Waals surface area contributed by atoms with Crippen LogP contribution in [0.15, 0.2) is 97.9 Å². The summed E-state index contributed by atoms with van der Waals surface area (Å²) >= 11 is 6.69. The number of fused-ring (bicyclic) bond motifs is 1. The number of anilines is 2. The van der Waals surface area contributed by atoms with Gasteiger partial charge in [0.05, 0.1) is 5.52 Å². The number of hydrogen-bond acceptors (Lipinski definition) is 4. The topological polar surface area (TPSA) is 49.8 Å². The fourth-order valence-electron chi connectivity index (χ4n) is 4.79. The molecular weight excluding hydrogens is 548 g/mol. The van der Waals surface area contributed by atoms with Gasteiger partial charge < -0.3 is 10.6 Å². The highest BCUT2D eigenvalue weighted by molar-refractivity contribution is 6.31. The normalized spacial score (nSPS) is 11.6. The molecule has 43 heavy (non-hydrogen) atoms. The van der Waals surface area contributed by atoms with E-state index in [4.69, 9.17) is 11.6 Å². The Labute approximate surface area is 265 Å². The Kier molecular flexibility index (Phi) is 16.0. The molecule has 0 spiro atoms. The van der Waals surface area contributed by atoms with Crippen LogP contribution in [-0.2, 0) is 12.8 Å². The van der Waals surface area contributed by atoms with Crippen LogP contribution in [0.5, 0.6) is 0 Å². The molecule has 0 saturated carbocycles. The van der Waals surface area contributed by atoms with E-state index in [0.29, 0.717) is 0 Å². The number of aromatic nitrogens is 2. The van der Waals surface area contributed by atoms with Gasteiger partial charge >= 0.3 is 0 Å². The van der Waals surface area contributed by atoms with Gasteiger partial charge in [0.15, 0.2) is 0 Å². The second kappa shape index (κ2) is 19.5. The van der Waals surface area contributed by atoms with Crippen LogP contribution >= 0.6 is 11.6 Å². The largest absolute Gasteiger partial charge is 0.340 e. The van der Waals surface area contributed by atoms with Crippen molar-refractivity contribution in [3.05, 3.63) is 125 Å². The zero-order valence-electron chi connectivity index (χ0n) is 26.9. The van der Waals surface area contributed by atoms with Gasteiger partial charge in [-0.15, -0.1) is 13.2 Å². The van der Waals surface area contributed by atoms with Gasteiger partial charge in [-0.3, -0.25) is 0 Å². The van der Waals surface area contributed by atoms with Crippen LogP contribution in [0, 0.1) is 6.92 Å². The summed E-state index contributed by atoms with van der Waals surface area (Å²) in [5.41, 5.74) is 9.55. The van der Waals surface area contributed by atoms with Crippen LogP contribution in [0.4, 0.5) is 11.5 Å². The van der Waals surface area contributed by atoms with Gasteiger partial charge in [0.25, 0.3) is 0 Å². The molecule has 1 aliphatic carbocycles. The van der Waals surface area contributed by atoms with Gasteiger partial charge in [0, 0.05) is 22.6 Å². The number of benzene rings is 3. The molecule has 3 aromatic carbocycles. The number of nitrogens with zero attached hydrogens (tertiary/aromatic N) is 2. The van der Waals surface area contributed by atoms with Gasteiger partial charge in [-0.2, -0.15) is 0 Å². The molecule has 4 nitrogen and oxygen atoms in total. The standard InChI is InChI=1S/C32H33ClN4.2C2H6.C2H4/c1-3-15-34-20-24-8-10-26(17-24)27-12-14-31-29(18-27)32(36-21-35-31)37-28-13-11-25(30(33)19-28)9-7-23-6-4-5-22(2)16-23;3*1-2/h4-6,8,10-14,16,18-19,21,34H,3,7,9,15,17,20H2,1-2H3,(H,35,36,37);2*1-2H3;1-2H2. The van der Waals surface area contributed by atoms with Gasteiger partial charge in [-0.1, -0.05) is 106 Å². The third-order valence-electron chi connectivity index (χ3n) is 6.80. The molecular formula is C38H49ClN4. The van der Waals surface area contributed by atoms with E-state index >= 15 is 0 Å². The fraction of sp³-hybridized carbons (Fsp3) is 0.316. The van der Waals surface area contributed by atoms with E-state index in [1.54, 1.807) is 6.33 Å². The quantitative estimate of drug-likeness (QED) is 0.141. The van der Waals surface area contributed by atoms with Gasteiger partial charge in [-0.25, -0.2) is 9.97 Å². The van der Waals surface area contributed by atoms with Crippen molar-refractivity contribution in [1.29, 1.82) is 0 Å². The lowest BCUT2D eigenvalue weighted by Crippen LogP contribution is -2.17. The molecule has 1 aromatic heterocycles. The SMILES string of the molecule is C=C.CC.CC.CCCNCC1=CC=C(c2ccc3ncnc(Nc4ccc(CCc5cccc(C)c5)c(Cl)c4)c3c2)C1. The van der Waals surface area contributed by atoms with E-state index in [9.17, 15) is 0 Å². The molecule has 0 atom stereocenters. The number of nitrogens with one attached hydrogen (secondary N) is 2. The number of aryl methyl sites for hydroxylation is 3. The summed E-state index contributed by atoms with van der Waals surface area (Å²) in [6.07, 6.45) is 10.1. The van der Waals surface area contributed by atoms with E-state index in [1.807, 2.05) is 33.8 Å². The van der Waals surface area contributed by atoms with Crippen molar-refractivity contribution in [1.82, 2.24) is 15.3 Å². The third kappa shape index (κ3) is 10.5. The Morgan fingerprint density at radius 3 is 2.40 bits per heavy atom. The molecule has 0 saturated heterocycles. The Balaban J connectivity index is 0.00000101. The maximum atomic E-state index is 6.69. The maximum Gasteiger partial charge on any atom is 0.141 e. The van der Waals surface area contributed by atoms with Gasteiger partial charge in [0.2, 0.25) is 0 Å². The predicted octanol–water partition coefficient (Wildman–Crippen LogP) is 10.7. The van der Waals surface area contributed by atoms with E-state index in [1.165, 1.54) is 27.8 Å². The lowest BCUT2D eigenvalue weighted by Gasteiger charge is -2.12. The highest BCUT2D eigenvalue weighted by Crippen LogP contribution is 2.32. The minimum absolute atomic E-state index is 0.767. The number of hydrogen-bond donors (Lipinski definition) is 2. The van der Waals surface area contributed by atoms with Crippen molar-refractivity contribution in [2.75, 3.05) is 18.4 Å². The molecule has 2 N–H and O–H groups in total. The number of allylic oxidation sites excluding steroid dienone is 3. The summed E-state index contributed by atoms with van der Waals surface area (Å²) < 4.78 is 0. The van der Waals surface area contributed by atoms with E-state index in [-0.39, 0.29) is 0 Å².